The molecule has 1 aromatic rings. The molecule has 0 bridgehead atoms. The summed E-state index contributed by atoms with van der Waals surface area (Å²) in [7, 11) is -0.823. The second-order valence-corrected chi connectivity index (χ2v) is 7.49. The first kappa shape index (κ1) is 17.4. The first-order valence-electron chi connectivity index (χ1n) is 8.36. The van der Waals surface area contributed by atoms with E-state index in [4.69, 9.17) is 9.31 Å². The minimum atomic E-state index is -0.823. The lowest BCUT2D eigenvalue weighted by atomic mass is 9.78. The van der Waals surface area contributed by atoms with Gasteiger partial charge in [-0.1, -0.05) is 0 Å². The molecule has 130 valence electrons. The number of amides is 1. The van der Waals surface area contributed by atoms with Gasteiger partial charge in [-0.25, -0.2) is 4.39 Å². The first-order valence-corrected chi connectivity index (χ1v) is 8.36. The van der Waals surface area contributed by atoms with Crippen molar-refractivity contribution in [3.63, 3.8) is 0 Å². The summed E-state index contributed by atoms with van der Waals surface area (Å²) in [5, 5.41) is 6.16. The zero-order valence-corrected chi connectivity index (χ0v) is 14.6. The monoisotopic (exact) mass is 334 g/mol. The zero-order valence-electron chi connectivity index (χ0n) is 14.6. The molecule has 2 fully saturated rings. The van der Waals surface area contributed by atoms with Gasteiger partial charge in [0.25, 0.3) is 5.91 Å². The summed E-state index contributed by atoms with van der Waals surface area (Å²) in [6.45, 7) is 9.30. The van der Waals surface area contributed by atoms with Gasteiger partial charge in [-0.3, -0.25) is 4.79 Å². The van der Waals surface area contributed by atoms with Crippen molar-refractivity contribution < 1.29 is 18.5 Å². The molecule has 0 saturated carbocycles. The SMILES string of the molecule is CC1(C)OB(c2cc(C(=O)N[C@H]3CCNC3)ccc2F)OC1(C)C. The molecule has 0 spiro atoms. The number of carbonyl (C=O) groups is 1. The Kier molecular flexibility index (Phi) is 4.44. The Balaban J connectivity index is 1.81. The first-order chi connectivity index (χ1) is 11.2. The van der Waals surface area contributed by atoms with Crippen molar-refractivity contribution in [2.45, 2.75) is 51.4 Å². The molecule has 1 aromatic carbocycles. The fraction of sp³-hybridized carbons (Fsp3) is 0.588. The van der Waals surface area contributed by atoms with E-state index in [0.717, 1.165) is 19.5 Å². The Morgan fingerprint density at radius 2 is 1.96 bits per heavy atom. The van der Waals surface area contributed by atoms with Gasteiger partial charge >= 0.3 is 7.12 Å². The van der Waals surface area contributed by atoms with E-state index in [1.54, 1.807) is 0 Å². The molecule has 3 rings (SSSR count). The molecule has 2 aliphatic rings. The number of hydrogen-bond donors (Lipinski definition) is 2. The molecular formula is C17H24BFN2O3. The highest BCUT2D eigenvalue weighted by molar-refractivity contribution is 6.62. The molecule has 24 heavy (non-hydrogen) atoms. The van der Waals surface area contributed by atoms with E-state index in [9.17, 15) is 9.18 Å². The van der Waals surface area contributed by atoms with Crippen molar-refractivity contribution in [1.82, 2.24) is 10.6 Å². The summed E-state index contributed by atoms with van der Waals surface area (Å²) in [6.07, 6.45) is 0.900. The highest BCUT2D eigenvalue weighted by Crippen LogP contribution is 2.36. The van der Waals surface area contributed by atoms with Crippen LogP contribution in [0.3, 0.4) is 0 Å². The molecule has 2 saturated heterocycles. The minimum absolute atomic E-state index is 0.114. The molecule has 0 unspecified atom stereocenters. The van der Waals surface area contributed by atoms with Gasteiger partial charge in [-0.2, -0.15) is 0 Å². The average molecular weight is 334 g/mol. The Morgan fingerprint density at radius 3 is 2.54 bits per heavy atom. The fourth-order valence-corrected chi connectivity index (χ4v) is 2.88. The normalized spacial score (nSPS) is 25.0. The lowest BCUT2D eigenvalue weighted by molar-refractivity contribution is 0.00578. The van der Waals surface area contributed by atoms with Crippen LogP contribution in [0.15, 0.2) is 18.2 Å². The van der Waals surface area contributed by atoms with Gasteiger partial charge in [0, 0.05) is 23.6 Å². The summed E-state index contributed by atoms with van der Waals surface area (Å²) >= 11 is 0. The van der Waals surface area contributed by atoms with Crippen LogP contribution in [0.5, 0.6) is 0 Å². The highest BCUT2D eigenvalue weighted by atomic mass is 19.1. The van der Waals surface area contributed by atoms with Crippen molar-refractivity contribution in [2.75, 3.05) is 13.1 Å². The van der Waals surface area contributed by atoms with Crippen molar-refractivity contribution in [2.24, 2.45) is 0 Å². The summed E-state index contributed by atoms with van der Waals surface area (Å²) in [6, 6.07) is 4.42. The molecule has 2 aliphatic heterocycles. The van der Waals surface area contributed by atoms with Crippen molar-refractivity contribution in [3.8, 4) is 0 Å². The van der Waals surface area contributed by atoms with Crippen LogP contribution >= 0.6 is 0 Å². The number of nitrogens with one attached hydrogen (secondary N) is 2. The molecule has 0 radical (unpaired) electrons. The number of carbonyl (C=O) groups excluding carboxylic acids is 1. The Bertz CT molecular complexity index is 629. The summed E-state index contributed by atoms with van der Waals surface area (Å²) in [5.74, 6) is -0.644. The maximum Gasteiger partial charge on any atom is 0.497 e. The second-order valence-electron chi connectivity index (χ2n) is 7.49. The van der Waals surface area contributed by atoms with Gasteiger partial charge in [-0.15, -0.1) is 0 Å². The average Bonchev–Trinajstić information content (AvgIpc) is 3.05. The van der Waals surface area contributed by atoms with Crippen LogP contribution in [0.4, 0.5) is 4.39 Å². The van der Waals surface area contributed by atoms with Crippen molar-refractivity contribution in [3.05, 3.63) is 29.6 Å². The van der Waals surface area contributed by atoms with E-state index < -0.39 is 24.1 Å². The van der Waals surface area contributed by atoms with Gasteiger partial charge in [-0.05, 0) is 58.9 Å². The molecule has 7 heteroatoms. The fourth-order valence-electron chi connectivity index (χ4n) is 2.88. The molecule has 5 nitrogen and oxygen atoms in total. The topological polar surface area (TPSA) is 59.6 Å². The quantitative estimate of drug-likeness (QED) is 0.816. The molecule has 2 heterocycles. The summed E-state index contributed by atoms with van der Waals surface area (Å²) in [4.78, 5) is 12.4. The standard InChI is InChI=1S/C17H24BFN2O3/c1-16(2)17(3,4)24-18(23-16)13-9-11(5-6-14(13)19)15(22)21-12-7-8-20-10-12/h5-6,9,12,20H,7-8,10H2,1-4H3,(H,21,22)/t12-/m0/s1. The van der Waals surface area contributed by atoms with Crippen molar-refractivity contribution in [1.29, 1.82) is 0 Å². The third-order valence-electron chi connectivity index (χ3n) is 5.16. The smallest absolute Gasteiger partial charge is 0.399 e. The lowest BCUT2D eigenvalue weighted by Gasteiger charge is -2.32. The van der Waals surface area contributed by atoms with Crippen LogP contribution in [0.25, 0.3) is 0 Å². The van der Waals surface area contributed by atoms with Gasteiger partial charge in [0.05, 0.1) is 11.2 Å². The molecule has 0 aromatic heterocycles. The van der Waals surface area contributed by atoms with E-state index in [1.807, 2.05) is 27.7 Å². The maximum atomic E-state index is 14.3. The number of hydrogen-bond acceptors (Lipinski definition) is 4. The van der Waals surface area contributed by atoms with Gasteiger partial charge < -0.3 is 19.9 Å². The predicted molar refractivity (Wildman–Crippen MR) is 90.9 cm³/mol. The highest BCUT2D eigenvalue weighted by Gasteiger charge is 2.52. The largest absolute Gasteiger partial charge is 0.497 e. The van der Waals surface area contributed by atoms with Gasteiger partial charge in [0.2, 0.25) is 0 Å². The Morgan fingerprint density at radius 1 is 1.29 bits per heavy atom. The van der Waals surface area contributed by atoms with Gasteiger partial charge in [0.15, 0.2) is 0 Å². The van der Waals surface area contributed by atoms with E-state index in [1.165, 1.54) is 18.2 Å². The number of rotatable bonds is 3. The van der Waals surface area contributed by atoms with Crippen LogP contribution in [-0.2, 0) is 9.31 Å². The number of halogens is 1. The lowest BCUT2D eigenvalue weighted by Crippen LogP contribution is -2.41. The number of benzene rings is 1. The van der Waals surface area contributed by atoms with Crippen LogP contribution in [-0.4, -0.2) is 43.4 Å². The van der Waals surface area contributed by atoms with Crippen LogP contribution < -0.4 is 16.1 Å². The van der Waals surface area contributed by atoms with Crippen LogP contribution in [0.2, 0.25) is 0 Å². The van der Waals surface area contributed by atoms with Crippen molar-refractivity contribution >= 4 is 18.5 Å². The second kappa shape index (κ2) is 6.13. The third kappa shape index (κ3) is 3.20. The van der Waals surface area contributed by atoms with Crippen LogP contribution in [0.1, 0.15) is 44.5 Å². The van der Waals surface area contributed by atoms with E-state index >= 15 is 0 Å². The third-order valence-corrected chi connectivity index (χ3v) is 5.16. The summed E-state index contributed by atoms with van der Waals surface area (Å²) in [5.41, 5.74) is -0.450. The maximum absolute atomic E-state index is 14.3. The molecule has 1 atom stereocenters. The molecule has 2 N–H and O–H groups in total. The summed E-state index contributed by atoms with van der Waals surface area (Å²) < 4.78 is 26.1. The minimum Gasteiger partial charge on any atom is -0.399 e. The predicted octanol–water partition coefficient (Wildman–Crippen LogP) is 1.22. The zero-order chi connectivity index (χ0) is 17.5. The Labute approximate surface area is 142 Å². The van der Waals surface area contributed by atoms with Crippen LogP contribution in [0, 0.1) is 5.82 Å². The molecule has 0 aliphatic carbocycles. The van der Waals surface area contributed by atoms with E-state index in [-0.39, 0.29) is 17.4 Å². The van der Waals surface area contributed by atoms with Gasteiger partial charge in [0.1, 0.15) is 5.82 Å². The van der Waals surface area contributed by atoms with E-state index in [0.29, 0.717) is 5.56 Å². The Hall–Kier alpha value is -1.44. The molecular weight excluding hydrogens is 310 g/mol. The van der Waals surface area contributed by atoms with E-state index in [2.05, 4.69) is 10.6 Å². The molecule has 1 amide bonds.